The SMILES string of the molecule is CC.CC.CC.CN1CCCc2ccccc2C1.CN1CCc2ccccc2C1.CN1Cc2ccccc2C1. The quantitative estimate of drug-likeness (QED) is 0.288. The summed E-state index contributed by atoms with van der Waals surface area (Å²) in [5.41, 5.74) is 9.07. The van der Waals surface area contributed by atoms with Crippen molar-refractivity contribution in [2.24, 2.45) is 0 Å². The predicted octanol–water partition coefficient (Wildman–Crippen LogP) is 8.45. The minimum Gasteiger partial charge on any atom is -0.302 e. The van der Waals surface area contributed by atoms with Gasteiger partial charge in [-0.15, -0.1) is 0 Å². The Labute approximate surface area is 241 Å². The van der Waals surface area contributed by atoms with E-state index < -0.39 is 0 Å². The van der Waals surface area contributed by atoms with Crippen molar-refractivity contribution in [1.82, 2.24) is 14.7 Å². The highest BCUT2D eigenvalue weighted by atomic mass is 15.1. The summed E-state index contributed by atoms with van der Waals surface area (Å²) in [5.74, 6) is 0. The molecule has 0 amide bonds. The minimum absolute atomic E-state index is 1.12. The van der Waals surface area contributed by atoms with Gasteiger partial charge in [-0.1, -0.05) is 114 Å². The Balaban J connectivity index is 0.000000267. The number of hydrogen-bond acceptors (Lipinski definition) is 3. The molecular weight excluding hydrogens is 474 g/mol. The molecule has 0 aliphatic carbocycles. The Morgan fingerprint density at radius 2 is 0.692 bits per heavy atom. The van der Waals surface area contributed by atoms with Crippen LogP contribution in [0.2, 0.25) is 0 Å². The van der Waals surface area contributed by atoms with Gasteiger partial charge in [-0.05, 0) is 80.3 Å². The topological polar surface area (TPSA) is 9.72 Å². The Kier molecular flexibility index (Phi) is 18.1. The van der Waals surface area contributed by atoms with Crippen LogP contribution in [0.5, 0.6) is 0 Å². The van der Waals surface area contributed by atoms with Crippen molar-refractivity contribution >= 4 is 0 Å². The number of likely N-dealkylation sites (N-methyl/N-ethyl adjacent to an activating group) is 1. The fourth-order valence-electron chi connectivity index (χ4n) is 5.01. The van der Waals surface area contributed by atoms with Crippen LogP contribution in [0, 0.1) is 0 Å². The number of fused-ring (bicyclic) bond motifs is 3. The van der Waals surface area contributed by atoms with Gasteiger partial charge >= 0.3 is 0 Å². The van der Waals surface area contributed by atoms with Crippen molar-refractivity contribution in [2.75, 3.05) is 34.2 Å². The van der Waals surface area contributed by atoms with Gasteiger partial charge in [-0.2, -0.15) is 0 Å². The second-order valence-corrected chi connectivity index (χ2v) is 9.81. The summed E-state index contributed by atoms with van der Waals surface area (Å²) in [4.78, 5) is 7.08. The van der Waals surface area contributed by atoms with Gasteiger partial charge in [-0.3, -0.25) is 4.90 Å². The predicted molar refractivity (Wildman–Crippen MR) is 173 cm³/mol. The molecular formula is C36H57N3. The van der Waals surface area contributed by atoms with Crippen LogP contribution in [0.15, 0.2) is 72.8 Å². The van der Waals surface area contributed by atoms with Crippen LogP contribution in [0.4, 0.5) is 0 Å². The summed E-state index contributed by atoms with van der Waals surface area (Å²) >= 11 is 0. The van der Waals surface area contributed by atoms with E-state index in [1.165, 1.54) is 60.2 Å². The normalized spacial score (nSPS) is 15.6. The largest absolute Gasteiger partial charge is 0.302 e. The Bertz CT molecular complexity index is 1000. The molecule has 3 heteroatoms. The molecule has 0 unspecified atom stereocenters. The summed E-state index contributed by atoms with van der Waals surface area (Å²) < 4.78 is 0. The van der Waals surface area contributed by atoms with E-state index in [2.05, 4.69) is 109 Å². The standard InChI is InChI=1S/C11H15N.C10H13N.C9H11N.3C2H6/c1-12-8-4-7-10-5-2-3-6-11(10)9-12;1-11-7-6-9-4-2-3-5-10(9)8-11;1-10-6-8-4-2-3-5-9(8)7-10;3*1-2/h2-3,5-6H,4,7-9H2,1H3;2-5H,6-8H2,1H3;2-5H,6-7H2,1H3;3*1-2H3. The van der Waals surface area contributed by atoms with E-state index in [0.717, 1.165) is 26.2 Å². The van der Waals surface area contributed by atoms with Gasteiger partial charge in [0, 0.05) is 32.7 Å². The molecule has 3 nitrogen and oxygen atoms in total. The second-order valence-electron chi connectivity index (χ2n) is 9.81. The number of aryl methyl sites for hydroxylation is 1. The lowest BCUT2D eigenvalue weighted by molar-refractivity contribution is 0.313. The van der Waals surface area contributed by atoms with E-state index in [4.69, 9.17) is 0 Å². The third-order valence-electron chi connectivity index (χ3n) is 6.87. The zero-order valence-electron chi connectivity index (χ0n) is 26.6. The molecule has 3 heterocycles. The maximum Gasteiger partial charge on any atom is 0.0237 e. The minimum atomic E-state index is 1.12. The summed E-state index contributed by atoms with van der Waals surface area (Å²) in [6.07, 6.45) is 3.76. The molecule has 0 bridgehead atoms. The van der Waals surface area contributed by atoms with Crippen molar-refractivity contribution in [3.8, 4) is 0 Å². The van der Waals surface area contributed by atoms with E-state index in [0.29, 0.717) is 0 Å². The molecule has 0 fully saturated rings. The molecule has 6 rings (SSSR count). The van der Waals surface area contributed by atoms with E-state index >= 15 is 0 Å². The average Bonchev–Trinajstić information content (AvgIpc) is 3.27. The third-order valence-corrected chi connectivity index (χ3v) is 6.87. The zero-order chi connectivity index (χ0) is 29.0. The molecule has 3 aromatic carbocycles. The Morgan fingerprint density at radius 1 is 0.385 bits per heavy atom. The number of benzene rings is 3. The fourth-order valence-corrected chi connectivity index (χ4v) is 5.01. The fraction of sp³-hybridized carbons (Fsp3) is 0.500. The van der Waals surface area contributed by atoms with Crippen LogP contribution in [-0.4, -0.2) is 48.9 Å². The maximum atomic E-state index is 2.39. The van der Waals surface area contributed by atoms with Gasteiger partial charge in [0.1, 0.15) is 0 Å². The maximum absolute atomic E-state index is 2.39. The van der Waals surface area contributed by atoms with Gasteiger partial charge in [0.05, 0.1) is 0 Å². The van der Waals surface area contributed by atoms with Gasteiger partial charge < -0.3 is 9.80 Å². The number of nitrogens with zero attached hydrogens (tertiary/aromatic N) is 3. The number of rotatable bonds is 0. The molecule has 216 valence electrons. The molecule has 0 aromatic heterocycles. The highest BCUT2D eigenvalue weighted by Gasteiger charge is 2.13. The summed E-state index contributed by atoms with van der Waals surface area (Å²) in [7, 11) is 6.53. The van der Waals surface area contributed by atoms with E-state index in [-0.39, 0.29) is 0 Å². The average molecular weight is 532 g/mol. The molecule has 0 atom stereocenters. The first kappa shape index (κ1) is 34.6. The zero-order valence-corrected chi connectivity index (χ0v) is 26.6. The molecule has 0 radical (unpaired) electrons. The first-order valence-corrected chi connectivity index (χ1v) is 15.3. The first-order valence-electron chi connectivity index (χ1n) is 15.3. The van der Waals surface area contributed by atoms with Gasteiger partial charge in [0.15, 0.2) is 0 Å². The van der Waals surface area contributed by atoms with Crippen LogP contribution in [0.1, 0.15) is 81.3 Å². The van der Waals surface area contributed by atoms with Crippen LogP contribution in [0.3, 0.4) is 0 Å². The van der Waals surface area contributed by atoms with Crippen molar-refractivity contribution in [2.45, 2.75) is 87.0 Å². The molecule has 0 spiro atoms. The lowest BCUT2D eigenvalue weighted by Crippen LogP contribution is -2.26. The van der Waals surface area contributed by atoms with Gasteiger partial charge in [0.2, 0.25) is 0 Å². The van der Waals surface area contributed by atoms with Crippen molar-refractivity contribution < 1.29 is 0 Å². The summed E-state index contributed by atoms with van der Waals surface area (Å²) in [5, 5.41) is 0. The lowest BCUT2D eigenvalue weighted by Gasteiger charge is -2.24. The molecule has 3 aliphatic rings. The van der Waals surface area contributed by atoms with Crippen molar-refractivity contribution in [1.29, 1.82) is 0 Å². The monoisotopic (exact) mass is 531 g/mol. The van der Waals surface area contributed by atoms with Crippen LogP contribution < -0.4 is 0 Å². The van der Waals surface area contributed by atoms with E-state index in [1.807, 2.05) is 41.5 Å². The van der Waals surface area contributed by atoms with Gasteiger partial charge in [-0.25, -0.2) is 0 Å². The van der Waals surface area contributed by atoms with Crippen LogP contribution in [0.25, 0.3) is 0 Å². The highest BCUT2D eigenvalue weighted by Crippen LogP contribution is 2.20. The highest BCUT2D eigenvalue weighted by molar-refractivity contribution is 5.30. The van der Waals surface area contributed by atoms with E-state index in [9.17, 15) is 0 Å². The van der Waals surface area contributed by atoms with E-state index in [1.54, 1.807) is 5.56 Å². The van der Waals surface area contributed by atoms with Crippen LogP contribution in [-0.2, 0) is 39.0 Å². The summed E-state index contributed by atoms with van der Waals surface area (Å²) in [6, 6.07) is 26.1. The molecule has 3 aliphatic heterocycles. The van der Waals surface area contributed by atoms with Crippen LogP contribution >= 0.6 is 0 Å². The molecule has 0 saturated carbocycles. The molecule has 0 saturated heterocycles. The smallest absolute Gasteiger partial charge is 0.0237 e. The Morgan fingerprint density at radius 3 is 1.13 bits per heavy atom. The second kappa shape index (κ2) is 20.4. The molecule has 39 heavy (non-hydrogen) atoms. The van der Waals surface area contributed by atoms with Crippen molar-refractivity contribution in [3.05, 3.63) is 106 Å². The van der Waals surface area contributed by atoms with Gasteiger partial charge in [0.25, 0.3) is 0 Å². The number of hydrogen-bond donors (Lipinski definition) is 0. The lowest BCUT2D eigenvalue weighted by atomic mass is 10.0. The molecule has 0 N–H and O–H groups in total. The van der Waals surface area contributed by atoms with Crippen molar-refractivity contribution in [3.63, 3.8) is 0 Å². The first-order chi connectivity index (χ1) is 19.1. The summed E-state index contributed by atoms with van der Waals surface area (Å²) in [6.45, 7) is 18.9. The Hall–Kier alpha value is -2.46. The molecule has 3 aromatic rings. The third kappa shape index (κ3) is 12.1.